The van der Waals surface area contributed by atoms with Gasteiger partial charge in [0.2, 0.25) is 11.9 Å². The van der Waals surface area contributed by atoms with Crippen LogP contribution in [0.15, 0.2) is 54.9 Å². The molecule has 0 radical (unpaired) electrons. The number of nitrogens with zero attached hydrogens (tertiary/aromatic N) is 7. The molecule has 2 atom stereocenters. The van der Waals surface area contributed by atoms with Crippen molar-refractivity contribution in [2.75, 3.05) is 30.9 Å². The highest BCUT2D eigenvalue weighted by atomic mass is 35.5. The van der Waals surface area contributed by atoms with Crippen LogP contribution in [-0.2, 0) is 24.9 Å². The molecule has 0 bridgehead atoms. The van der Waals surface area contributed by atoms with Crippen molar-refractivity contribution in [3.05, 3.63) is 71.2 Å². The number of anilines is 3. The van der Waals surface area contributed by atoms with E-state index in [1.165, 1.54) is 0 Å². The molecule has 2 aromatic heterocycles. The third kappa shape index (κ3) is 7.04. The molecule has 3 heterocycles. The van der Waals surface area contributed by atoms with Gasteiger partial charge in [-0.2, -0.15) is 10.1 Å². The van der Waals surface area contributed by atoms with E-state index in [4.69, 9.17) is 16.6 Å². The van der Waals surface area contributed by atoms with Gasteiger partial charge in [0.05, 0.1) is 12.2 Å². The second-order valence-electron chi connectivity index (χ2n) is 10.9. The molecule has 1 aromatic carbocycles. The second-order valence-corrected chi connectivity index (χ2v) is 11.2. The number of likely N-dealkylation sites (N-methyl/N-ethyl adjacent to an activating group) is 1. The first kappa shape index (κ1) is 28.6. The van der Waals surface area contributed by atoms with Crippen LogP contribution in [0.1, 0.15) is 36.8 Å². The standard InChI is InChI=1S/C29H36ClN9O2/c1-36(2)14-8-13-25(40)32-22-11-7-12-23(15-22)39-27-21(18-38(29(39)41)17-20-9-5-4-6-10-20)16-31-28(34-27)33-24-19-37(3)35-26(24)30/h4-6,8-10,13,16,19,22-23H,7,11-12,14-15,17-18H2,1-3H3,(H,32,40)(H,31,33,34)/b13-8+. The maximum absolute atomic E-state index is 14.1. The van der Waals surface area contributed by atoms with Crippen molar-refractivity contribution < 1.29 is 9.59 Å². The number of halogens is 1. The highest BCUT2D eigenvalue weighted by Crippen LogP contribution is 2.35. The highest BCUT2D eigenvalue weighted by molar-refractivity contribution is 6.32. The summed E-state index contributed by atoms with van der Waals surface area (Å²) < 4.78 is 1.60. The first-order valence-electron chi connectivity index (χ1n) is 13.8. The fourth-order valence-electron chi connectivity index (χ4n) is 5.37. The van der Waals surface area contributed by atoms with Crippen LogP contribution in [0.3, 0.4) is 0 Å². The van der Waals surface area contributed by atoms with Gasteiger partial charge in [-0.3, -0.25) is 14.4 Å². The van der Waals surface area contributed by atoms with Gasteiger partial charge in [-0.05, 0) is 45.3 Å². The van der Waals surface area contributed by atoms with Crippen LogP contribution in [0.5, 0.6) is 0 Å². The van der Waals surface area contributed by atoms with E-state index in [0.717, 1.165) is 30.4 Å². The molecule has 1 aliphatic carbocycles. The summed E-state index contributed by atoms with van der Waals surface area (Å²) in [6.07, 6.45) is 10.1. The SMILES string of the molecule is CN(C)C/C=C/C(=O)NC1CCCC(N2C(=O)N(Cc3ccccc3)Cc3cnc(Nc4cn(C)nc4Cl)nc32)C1. The van der Waals surface area contributed by atoms with Gasteiger partial charge < -0.3 is 20.4 Å². The maximum Gasteiger partial charge on any atom is 0.326 e. The Bertz CT molecular complexity index is 1410. The number of carbonyl (C=O) groups is 2. The van der Waals surface area contributed by atoms with Crippen LogP contribution >= 0.6 is 11.6 Å². The Kier molecular flexibility index (Phi) is 8.84. The van der Waals surface area contributed by atoms with Gasteiger partial charge >= 0.3 is 6.03 Å². The molecule has 12 heteroatoms. The number of benzene rings is 1. The number of aryl methyl sites for hydroxylation is 1. The number of hydrogen-bond donors (Lipinski definition) is 2. The number of nitrogens with one attached hydrogen (secondary N) is 2. The molecular weight excluding hydrogens is 542 g/mol. The highest BCUT2D eigenvalue weighted by Gasteiger charge is 2.39. The van der Waals surface area contributed by atoms with E-state index in [2.05, 4.69) is 20.7 Å². The Balaban J connectivity index is 1.40. The fourth-order valence-corrected chi connectivity index (χ4v) is 5.58. The number of carbonyl (C=O) groups excluding carboxylic acids is 2. The Morgan fingerprint density at radius 2 is 2.02 bits per heavy atom. The molecule has 3 aromatic rings. The topological polar surface area (TPSA) is 112 Å². The summed E-state index contributed by atoms with van der Waals surface area (Å²) in [6, 6.07) is 9.67. The quantitative estimate of drug-likeness (QED) is 0.368. The Morgan fingerprint density at radius 1 is 1.22 bits per heavy atom. The molecule has 0 saturated heterocycles. The first-order valence-corrected chi connectivity index (χ1v) is 14.2. The number of urea groups is 1. The van der Waals surface area contributed by atoms with Gasteiger partial charge in [-0.25, -0.2) is 9.78 Å². The Hall–Kier alpha value is -3.96. The molecule has 1 fully saturated rings. The van der Waals surface area contributed by atoms with E-state index < -0.39 is 0 Å². The lowest BCUT2D eigenvalue weighted by Gasteiger charge is -2.43. The van der Waals surface area contributed by atoms with Crippen molar-refractivity contribution >= 4 is 41.0 Å². The van der Waals surface area contributed by atoms with E-state index in [0.29, 0.717) is 48.7 Å². The monoisotopic (exact) mass is 577 g/mol. The third-order valence-corrected chi connectivity index (χ3v) is 7.53. The van der Waals surface area contributed by atoms with Gasteiger partial charge in [-0.1, -0.05) is 48.0 Å². The second kappa shape index (κ2) is 12.7. The van der Waals surface area contributed by atoms with Crippen molar-refractivity contribution in [2.45, 2.75) is 50.9 Å². The van der Waals surface area contributed by atoms with Crippen molar-refractivity contribution in [1.29, 1.82) is 0 Å². The number of amides is 3. The normalized spacial score (nSPS) is 19.1. The predicted octanol–water partition coefficient (Wildman–Crippen LogP) is 4.09. The molecule has 2 unspecified atom stereocenters. The molecule has 1 aliphatic heterocycles. The molecule has 11 nitrogen and oxygen atoms in total. The zero-order valence-electron chi connectivity index (χ0n) is 23.6. The van der Waals surface area contributed by atoms with Crippen molar-refractivity contribution in [2.24, 2.45) is 7.05 Å². The van der Waals surface area contributed by atoms with Crippen LogP contribution in [0.25, 0.3) is 0 Å². The molecule has 41 heavy (non-hydrogen) atoms. The fraction of sp³-hybridized carbons (Fsp3) is 0.414. The summed E-state index contributed by atoms with van der Waals surface area (Å²) in [5.74, 6) is 0.801. The minimum absolute atomic E-state index is 0.0420. The summed E-state index contributed by atoms with van der Waals surface area (Å²) in [4.78, 5) is 41.6. The summed E-state index contributed by atoms with van der Waals surface area (Å²) in [5, 5.41) is 10.7. The number of rotatable bonds is 9. The van der Waals surface area contributed by atoms with Gasteiger partial charge in [0.15, 0.2) is 5.15 Å². The molecule has 3 amide bonds. The van der Waals surface area contributed by atoms with Crippen LogP contribution in [0.2, 0.25) is 5.15 Å². The summed E-state index contributed by atoms with van der Waals surface area (Å²) in [7, 11) is 5.69. The molecule has 1 saturated carbocycles. The molecule has 216 valence electrons. The predicted molar refractivity (Wildman–Crippen MR) is 159 cm³/mol. The summed E-state index contributed by atoms with van der Waals surface area (Å²) in [5.41, 5.74) is 2.49. The van der Waals surface area contributed by atoms with E-state index in [9.17, 15) is 9.59 Å². The third-order valence-electron chi connectivity index (χ3n) is 7.25. The van der Waals surface area contributed by atoms with Crippen molar-refractivity contribution in [3.63, 3.8) is 0 Å². The van der Waals surface area contributed by atoms with Gasteiger partial charge in [0, 0.05) is 56.3 Å². The van der Waals surface area contributed by atoms with Crippen LogP contribution in [0, 0.1) is 0 Å². The van der Waals surface area contributed by atoms with Gasteiger partial charge in [0.25, 0.3) is 0 Å². The van der Waals surface area contributed by atoms with E-state index in [-0.39, 0.29) is 24.0 Å². The van der Waals surface area contributed by atoms with Crippen LogP contribution < -0.4 is 15.5 Å². The summed E-state index contributed by atoms with van der Waals surface area (Å²) in [6.45, 7) is 1.57. The minimum Gasteiger partial charge on any atom is -0.350 e. The maximum atomic E-state index is 14.1. The van der Waals surface area contributed by atoms with Crippen LogP contribution in [0.4, 0.5) is 22.2 Å². The van der Waals surface area contributed by atoms with Gasteiger partial charge in [-0.15, -0.1) is 0 Å². The average molecular weight is 578 g/mol. The van der Waals surface area contributed by atoms with Crippen LogP contribution in [-0.4, -0.2) is 74.2 Å². The molecule has 2 aliphatic rings. The largest absolute Gasteiger partial charge is 0.350 e. The van der Waals surface area contributed by atoms with E-state index in [1.807, 2.05) is 60.3 Å². The first-order chi connectivity index (χ1) is 19.8. The van der Waals surface area contributed by atoms with E-state index in [1.54, 1.807) is 35.1 Å². The summed E-state index contributed by atoms with van der Waals surface area (Å²) >= 11 is 6.25. The van der Waals surface area contributed by atoms with Gasteiger partial charge in [0.1, 0.15) is 5.82 Å². The molecular formula is C29H36ClN9O2. The zero-order valence-corrected chi connectivity index (χ0v) is 24.4. The number of aromatic nitrogens is 4. The molecule has 0 spiro atoms. The van der Waals surface area contributed by atoms with Crippen molar-refractivity contribution in [3.8, 4) is 0 Å². The average Bonchev–Trinajstić information content (AvgIpc) is 3.25. The lowest BCUT2D eigenvalue weighted by atomic mass is 9.89. The Labute approximate surface area is 245 Å². The molecule has 5 rings (SSSR count). The lowest BCUT2D eigenvalue weighted by Crippen LogP contribution is -2.54. The lowest BCUT2D eigenvalue weighted by molar-refractivity contribution is -0.117. The zero-order chi connectivity index (χ0) is 28.9. The number of hydrogen-bond acceptors (Lipinski definition) is 7. The minimum atomic E-state index is -0.130. The van der Waals surface area contributed by atoms with E-state index >= 15 is 0 Å². The molecule has 2 N–H and O–H groups in total. The smallest absolute Gasteiger partial charge is 0.326 e. The van der Waals surface area contributed by atoms with Crippen molar-refractivity contribution in [1.82, 2.24) is 34.9 Å². The number of fused-ring (bicyclic) bond motifs is 1. The Morgan fingerprint density at radius 3 is 2.76 bits per heavy atom.